The van der Waals surface area contributed by atoms with Crippen LogP contribution in [0.25, 0.3) is 0 Å². The van der Waals surface area contributed by atoms with Crippen LogP contribution >= 0.6 is 11.3 Å². The second-order valence-electron chi connectivity index (χ2n) is 5.80. The van der Waals surface area contributed by atoms with Crippen LogP contribution in [0.15, 0.2) is 70.9 Å². The maximum absolute atomic E-state index is 13.7. The van der Waals surface area contributed by atoms with Gasteiger partial charge in [-0.2, -0.15) is 4.31 Å². The first-order chi connectivity index (χ1) is 12.9. The summed E-state index contributed by atoms with van der Waals surface area (Å²) in [6.07, 6.45) is 0. The Morgan fingerprint density at radius 1 is 1.04 bits per heavy atom. The predicted octanol–water partition coefficient (Wildman–Crippen LogP) is 3.96. The number of nitrogens with zero attached hydrogens (tertiary/aromatic N) is 1. The molecule has 0 radical (unpaired) electrons. The maximum atomic E-state index is 13.7. The Bertz CT molecular complexity index is 1050. The van der Waals surface area contributed by atoms with Gasteiger partial charge in [0, 0.05) is 13.6 Å². The van der Waals surface area contributed by atoms with Crippen LogP contribution in [0, 0.1) is 5.82 Å². The minimum absolute atomic E-state index is 0.100. The van der Waals surface area contributed by atoms with Gasteiger partial charge in [-0.1, -0.05) is 42.5 Å². The third-order valence-corrected chi connectivity index (χ3v) is 7.12. The van der Waals surface area contributed by atoms with E-state index in [4.69, 9.17) is 0 Å². The summed E-state index contributed by atoms with van der Waals surface area (Å²) in [5.41, 5.74) is 0.768. The van der Waals surface area contributed by atoms with E-state index in [-0.39, 0.29) is 16.3 Å². The molecule has 0 bridgehead atoms. The summed E-state index contributed by atoms with van der Waals surface area (Å²) in [6.45, 7) is 0.234. The van der Waals surface area contributed by atoms with Crippen molar-refractivity contribution in [3.63, 3.8) is 0 Å². The highest BCUT2D eigenvalue weighted by molar-refractivity contribution is 7.91. The van der Waals surface area contributed by atoms with E-state index in [1.54, 1.807) is 6.07 Å². The fraction of sp³-hybridized carbons (Fsp3) is 0.105. The SMILES string of the molecule is CN(Cc1ccccc1)S(=O)(=O)c1ccc(NC(=O)c2ccccc2F)s1. The van der Waals surface area contributed by atoms with Crippen LogP contribution in [0.2, 0.25) is 0 Å². The van der Waals surface area contributed by atoms with Crippen LogP contribution in [0.4, 0.5) is 9.39 Å². The van der Waals surface area contributed by atoms with Gasteiger partial charge in [-0.05, 0) is 29.8 Å². The molecule has 0 unspecified atom stereocenters. The van der Waals surface area contributed by atoms with Crippen LogP contribution in [0.1, 0.15) is 15.9 Å². The lowest BCUT2D eigenvalue weighted by atomic mass is 10.2. The lowest BCUT2D eigenvalue weighted by Crippen LogP contribution is -2.25. The quantitative estimate of drug-likeness (QED) is 0.676. The van der Waals surface area contributed by atoms with Gasteiger partial charge in [0.05, 0.1) is 10.6 Å². The standard InChI is InChI=1S/C19H17FN2O3S2/c1-22(13-14-7-3-2-4-8-14)27(24,25)18-12-11-17(26-18)21-19(23)15-9-5-6-10-16(15)20/h2-12H,13H2,1H3,(H,21,23). The summed E-state index contributed by atoms with van der Waals surface area (Å²) in [5, 5.41) is 2.87. The van der Waals surface area contributed by atoms with Crippen molar-refractivity contribution in [2.45, 2.75) is 10.8 Å². The molecule has 2 aromatic carbocycles. The number of nitrogens with one attached hydrogen (secondary N) is 1. The molecule has 0 atom stereocenters. The van der Waals surface area contributed by atoms with Crippen molar-refractivity contribution < 1.29 is 17.6 Å². The van der Waals surface area contributed by atoms with Gasteiger partial charge in [0.25, 0.3) is 15.9 Å². The topological polar surface area (TPSA) is 66.5 Å². The van der Waals surface area contributed by atoms with Crippen molar-refractivity contribution >= 4 is 32.3 Å². The largest absolute Gasteiger partial charge is 0.313 e. The average Bonchev–Trinajstić information content (AvgIpc) is 3.12. The monoisotopic (exact) mass is 404 g/mol. The predicted molar refractivity (Wildman–Crippen MR) is 104 cm³/mol. The highest BCUT2D eigenvalue weighted by Gasteiger charge is 2.23. The van der Waals surface area contributed by atoms with Gasteiger partial charge >= 0.3 is 0 Å². The van der Waals surface area contributed by atoms with E-state index < -0.39 is 21.7 Å². The third kappa shape index (κ3) is 4.41. The van der Waals surface area contributed by atoms with Crippen LogP contribution < -0.4 is 5.32 Å². The van der Waals surface area contributed by atoms with E-state index >= 15 is 0 Å². The Morgan fingerprint density at radius 2 is 1.70 bits per heavy atom. The first kappa shape index (κ1) is 19.2. The Morgan fingerprint density at radius 3 is 2.41 bits per heavy atom. The fourth-order valence-electron chi connectivity index (χ4n) is 2.43. The van der Waals surface area contributed by atoms with E-state index in [1.165, 1.54) is 41.7 Å². The molecule has 140 valence electrons. The van der Waals surface area contributed by atoms with Crippen molar-refractivity contribution in [1.29, 1.82) is 0 Å². The van der Waals surface area contributed by atoms with Gasteiger partial charge in [-0.25, -0.2) is 12.8 Å². The highest BCUT2D eigenvalue weighted by Crippen LogP contribution is 2.29. The van der Waals surface area contributed by atoms with Gasteiger partial charge < -0.3 is 5.32 Å². The van der Waals surface area contributed by atoms with Gasteiger partial charge in [-0.15, -0.1) is 11.3 Å². The summed E-state index contributed by atoms with van der Waals surface area (Å²) in [6, 6.07) is 17.8. The Kier molecular flexibility index (Phi) is 5.69. The Balaban J connectivity index is 1.74. The molecular weight excluding hydrogens is 387 g/mol. The normalized spacial score (nSPS) is 11.5. The summed E-state index contributed by atoms with van der Waals surface area (Å²) < 4.78 is 40.5. The molecule has 0 aliphatic carbocycles. The highest BCUT2D eigenvalue weighted by atomic mass is 32.2. The number of hydrogen-bond acceptors (Lipinski definition) is 4. The van der Waals surface area contributed by atoms with Gasteiger partial charge in [-0.3, -0.25) is 4.79 Å². The first-order valence-electron chi connectivity index (χ1n) is 8.04. The van der Waals surface area contributed by atoms with Crippen molar-refractivity contribution in [2.75, 3.05) is 12.4 Å². The molecule has 5 nitrogen and oxygen atoms in total. The zero-order chi connectivity index (χ0) is 19.4. The number of amides is 1. The van der Waals surface area contributed by atoms with Crippen LogP contribution in [-0.2, 0) is 16.6 Å². The Hall–Kier alpha value is -2.55. The molecule has 1 heterocycles. The first-order valence-corrected chi connectivity index (χ1v) is 10.3. The fourth-order valence-corrected chi connectivity index (χ4v) is 5.00. The molecule has 8 heteroatoms. The van der Waals surface area contributed by atoms with E-state index in [1.807, 2.05) is 30.3 Å². The smallest absolute Gasteiger partial charge is 0.259 e. The van der Waals surface area contributed by atoms with Crippen molar-refractivity contribution in [3.8, 4) is 0 Å². The molecule has 1 amide bonds. The second-order valence-corrected chi connectivity index (χ2v) is 9.15. The van der Waals surface area contributed by atoms with Gasteiger partial charge in [0.1, 0.15) is 10.0 Å². The van der Waals surface area contributed by atoms with Crippen LogP contribution in [-0.4, -0.2) is 25.7 Å². The van der Waals surface area contributed by atoms with E-state index in [0.29, 0.717) is 5.00 Å². The van der Waals surface area contributed by atoms with E-state index in [2.05, 4.69) is 5.32 Å². The van der Waals surface area contributed by atoms with Crippen LogP contribution in [0.3, 0.4) is 0 Å². The number of hydrogen-bond donors (Lipinski definition) is 1. The molecule has 0 saturated heterocycles. The molecule has 0 spiro atoms. The van der Waals surface area contributed by atoms with Gasteiger partial charge in [0.15, 0.2) is 0 Å². The average molecular weight is 404 g/mol. The molecule has 27 heavy (non-hydrogen) atoms. The number of sulfonamides is 1. The molecule has 3 rings (SSSR count). The minimum atomic E-state index is -3.70. The number of benzene rings is 2. The second kappa shape index (κ2) is 7.99. The van der Waals surface area contributed by atoms with Crippen molar-refractivity contribution in [2.24, 2.45) is 0 Å². The van der Waals surface area contributed by atoms with E-state index in [9.17, 15) is 17.6 Å². The molecule has 1 N–H and O–H groups in total. The molecule has 0 aliphatic rings. The lowest BCUT2D eigenvalue weighted by Gasteiger charge is -2.16. The molecule has 0 fully saturated rings. The molecule has 0 saturated carbocycles. The van der Waals surface area contributed by atoms with E-state index in [0.717, 1.165) is 16.9 Å². The number of halogens is 1. The number of carbonyl (C=O) groups is 1. The molecule has 3 aromatic rings. The zero-order valence-electron chi connectivity index (χ0n) is 14.4. The number of rotatable bonds is 6. The number of carbonyl (C=O) groups excluding carboxylic acids is 1. The molecule has 0 aliphatic heterocycles. The van der Waals surface area contributed by atoms with Crippen molar-refractivity contribution in [3.05, 3.63) is 83.7 Å². The van der Waals surface area contributed by atoms with Crippen molar-refractivity contribution in [1.82, 2.24) is 4.31 Å². The summed E-state index contributed by atoms with van der Waals surface area (Å²) >= 11 is 0.924. The number of thiophene rings is 1. The molecule has 1 aromatic heterocycles. The molecular formula is C19H17FN2O3S2. The summed E-state index contributed by atoms with van der Waals surface area (Å²) in [5.74, 6) is -1.27. The third-order valence-electron chi connectivity index (χ3n) is 3.85. The summed E-state index contributed by atoms with van der Waals surface area (Å²) in [4.78, 5) is 12.2. The lowest BCUT2D eigenvalue weighted by molar-refractivity contribution is 0.102. The van der Waals surface area contributed by atoms with Gasteiger partial charge in [0.2, 0.25) is 0 Å². The minimum Gasteiger partial charge on any atom is -0.313 e. The number of anilines is 1. The zero-order valence-corrected chi connectivity index (χ0v) is 16.1. The van der Waals surface area contributed by atoms with Crippen LogP contribution in [0.5, 0.6) is 0 Å². The summed E-state index contributed by atoms with van der Waals surface area (Å²) in [7, 11) is -2.20. The Labute approximate surface area is 161 Å². The maximum Gasteiger partial charge on any atom is 0.259 e.